The van der Waals surface area contributed by atoms with Crippen LogP contribution in [0, 0.1) is 0 Å². The van der Waals surface area contributed by atoms with Crippen LogP contribution in [0.25, 0.3) is 32.8 Å². The summed E-state index contributed by atoms with van der Waals surface area (Å²) >= 11 is 0. The quantitative estimate of drug-likeness (QED) is 0.433. The predicted molar refractivity (Wildman–Crippen MR) is 75.9 cm³/mol. The fraction of sp³-hybridized carbons (Fsp3) is 0. The average molecular weight is 229 g/mol. The van der Waals surface area contributed by atoms with Gasteiger partial charge in [0.15, 0.2) is 0 Å². The van der Waals surface area contributed by atoms with Crippen LogP contribution in [0.2, 0.25) is 0 Å². The number of nitrogens with zero attached hydrogens (tertiary/aromatic N) is 1. The minimum atomic E-state index is 1.06. The van der Waals surface area contributed by atoms with Gasteiger partial charge in [-0.05, 0) is 33.7 Å². The molecular weight excluding hydrogens is 218 g/mol. The topological polar surface area (TPSA) is 12.9 Å². The van der Waals surface area contributed by atoms with Crippen LogP contribution in [-0.2, 0) is 0 Å². The number of rotatable bonds is 0. The number of hydrogen-bond acceptors (Lipinski definition) is 1. The van der Waals surface area contributed by atoms with Crippen molar-refractivity contribution in [1.29, 1.82) is 0 Å². The van der Waals surface area contributed by atoms with Gasteiger partial charge in [0.1, 0.15) is 0 Å². The third-order valence-corrected chi connectivity index (χ3v) is 3.47. The minimum Gasteiger partial charge on any atom is -0.256 e. The van der Waals surface area contributed by atoms with E-state index in [9.17, 15) is 0 Å². The smallest absolute Gasteiger partial charge is 0.0714 e. The Morgan fingerprint density at radius 3 is 2.56 bits per heavy atom. The average Bonchev–Trinajstić information content (AvgIpc) is 2.61. The van der Waals surface area contributed by atoms with E-state index in [4.69, 9.17) is 0 Å². The van der Waals surface area contributed by atoms with Crippen LogP contribution in [0.4, 0.5) is 0 Å². The van der Waals surface area contributed by atoms with Crippen molar-refractivity contribution in [2.75, 3.05) is 0 Å². The van der Waals surface area contributed by atoms with Crippen LogP contribution in [0.3, 0.4) is 0 Å². The standard InChI is InChI=1S/C17H11N/c1-2-6-14-12(5-1)8-9-13-11-16-15(17(13)14)7-3-4-10-18-16/h1-11H. The second-order valence-corrected chi connectivity index (χ2v) is 4.52. The van der Waals surface area contributed by atoms with E-state index in [0.717, 1.165) is 5.69 Å². The van der Waals surface area contributed by atoms with E-state index in [1.807, 2.05) is 12.3 Å². The van der Waals surface area contributed by atoms with Crippen LogP contribution in [0.5, 0.6) is 0 Å². The summed E-state index contributed by atoms with van der Waals surface area (Å²) in [5, 5.41) is 5.16. The summed E-state index contributed by atoms with van der Waals surface area (Å²) in [5.74, 6) is 0. The summed E-state index contributed by atoms with van der Waals surface area (Å²) in [7, 11) is 0. The molecule has 0 N–H and O–H groups in total. The van der Waals surface area contributed by atoms with Gasteiger partial charge in [0.25, 0.3) is 0 Å². The molecule has 1 nitrogen and oxygen atoms in total. The minimum absolute atomic E-state index is 1.06. The van der Waals surface area contributed by atoms with Crippen LogP contribution in [0.1, 0.15) is 0 Å². The van der Waals surface area contributed by atoms with Crippen molar-refractivity contribution < 1.29 is 0 Å². The van der Waals surface area contributed by atoms with Crippen molar-refractivity contribution in [2.24, 2.45) is 0 Å². The predicted octanol–water partition coefficient (Wildman–Crippen LogP) is 4.49. The third-order valence-electron chi connectivity index (χ3n) is 3.47. The zero-order valence-electron chi connectivity index (χ0n) is 9.80. The lowest BCUT2D eigenvalue weighted by Crippen LogP contribution is -1.75. The van der Waals surface area contributed by atoms with Gasteiger partial charge in [0, 0.05) is 11.8 Å². The van der Waals surface area contributed by atoms with Gasteiger partial charge in [-0.2, -0.15) is 0 Å². The highest BCUT2D eigenvalue weighted by atomic mass is 14.7. The molecule has 1 aliphatic carbocycles. The lowest BCUT2D eigenvalue weighted by Gasteiger charge is -2.01. The first-order valence-corrected chi connectivity index (χ1v) is 6.09. The summed E-state index contributed by atoms with van der Waals surface area (Å²) < 4.78 is 0. The largest absolute Gasteiger partial charge is 0.256 e. The number of hydrogen-bond donors (Lipinski definition) is 0. The Morgan fingerprint density at radius 1 is 0.722 bits per heavy atom. The Balaban J connectivity index is 2.30. The molecular formula is C17H11N. The van der Waals surface area contributed by atoms with Gasteiger partial charge in [-0.25, -0.2) is 0 Å². The molecule has 1 aliphatic heterocycles. The van der Waals surface area contributed by atoms with Crippen LogP contribution in [-0.4, -0.2) is 4.98 Å². The normalized spacial score (nSPS) is 11.3. The summed E-state index contributed by atoms with van der Waals surface area (Å²) in [5.41, 5.74) is 2.29. The molecule has 0 spiro atoms. The molecule has 0 saturated heterocycles. The van der Waals surface area contributed by atoms with Crippen molar-refractivity contribution in [3.8, 4) is 11.3 Å². The van der Waals surface area contributed by atoms with E-state index < -0.39 is 0 Å². The summed E-state index contributed by atoms with van der Waals surface area (Å²) in [4.78, 5) is 4.49. The van der Waals surface area contributed by atoms with E-state index in [1.54, 1.807) is 0 Å². The van der Waals surface area contributed by atoms with Crippen LogP contribution < -0.4 is 0 Å². The first-order chi connectivity index (χ1) is 8.93. The Bertz CT molecular complexity index is 833. The highest BCUT2D eigenvalue weighted by Crippen LogP contribution is 2.36. The molecule has 0 aromatic heterocycles. The Kier molecular flexibility index (Phi) is 1.89. The van der Waals surface area contributed by atoms with Crippen LogP contribution in [0.15, 0.2) is 66.9 Å². The molecule has 18 heavy (non-hydrogen) atoms. The number of aromatic nitrogens is 1. The maximum Gasteiger partial charge on any atom is 0.0714 e. The zero-order chi connectivity index (χ0) is 11.9. The zero-order valence-corrected chi connectivity index (χ0v) is 9.80. The molecule has 0 unspecified atom stereocenters. The Labute approximate surface area is 105 Å². The molecule has 4 rings (SSSR count). The van der Waals surface area contributed by atoms with Crippen molar-refractivity contribution >= 4 is 21.5 Å². The maximum atomic E-state index is 4.49. The maximum absolute atomic E-state index is 4.49. The van der Waals surface area contributed by atoms with Crippen molar-refractivity contribution in [2.45, 2.75) is 0 Å². The van der Waals surface area contributed by atoms with Crippen molar-refractivity contribution in [1.82, 2.24) is 4.98 Å². The molecule has 0 bridgehead atoms. The first kappa shape index (κ1) is 9.60. The number of fused-ring (bicyclic) bond motifs is 5. The molecule has 84 valence electrons. The summed E-state index contributed by atoms with van der Waals surface area (Å²) in [6.45, 7) is 0. The SMILES string of the molecule is c1ccc2c3c(ccc4ccccc43)cc-2nc1. The molecule has 0 atom stereocenters. The fourth-order valence-electron chi connectivity index (χ4n) is 2.66. The fourth-order valence-corrected chi connectivity index (χ4v) is 2.66. The van der Waals surface area contributed by atoms with Gasteiger partial charge in [-0.3, -0.25) is 4.98 Å². The molecule has 2 aromatic carbocycles. The molecule has 2 aliphatic rings. The molecule has 0 fully saturated rings. The lowest BCUT2D eigenvalue weighted by atomic mass is 10.0. The molecule has 0 saturated carbocycles. The van der Waals surface area contributed by atoms with Gasteiger partial charge in [0.2, 0.25) is 0 Å². The van der Waals surface area contributed by atoms with Gasteiger partial charge < -0.3 is 0 Å². The number of benzene rings is 2. The Morgan fingerprint density at radius 2 is 1.56 bits per heavy atom. The monoisotopic (exact) mass is 229 g/mol. The molecule has 1 heteroatoms. The van der Waals surface area contributed by atoms with E-state index in [-0.39, 0.29) is 0 Å². The second-order valence-electron chi connectivity index (χ2n) is 4.52. The second kappa shape index (κ2) is 3.54. The highest BCUT2D eigenvalue weighted by Gasteiger charge is 2.11. The van der Waals surface area contributed by atoms with E-state index in [0.29, 0.717) is 0 Å². The summed E-state index contributed by atoms with van der Waals surface area (Å²) in [6.07, 6.45) is 1.85. The Hall–Kier alpha value is -2.41. The molecule has 0 amide bonds. The van der Waals surface area contributed by atoms with Crippen LogP contribution >= 0.6 is 0 Å². The van der Waals surface area contributed by atoms with Gasteiger partial charge in [-0.1, -0.05) is 48.5 Å². The van der Waals surface area contributed by atoms with Gasteiger partial charge in [-0.15, -0.1) is 0 Å². The lowest BCUT2D eigenvalue weighted by molar-refractivity contribution is 1.38. The van der Waals surface area contributed by atoms with Gasteiger partial charge in [0.05, 0.1) is 5.69 Å². The molecule has 1 heterocycles. The van der Waals surface area contributed by atoms with E-state index in [1.165, 1.54) is 27.1 Å². The van der Waals surface area contributed by atoms with Crippen molar-refractivity contribution in [3.63, 3.8) is 0 Å². The first-order valence-electron chi connectivity index (χ1n) is 6.09. The highest BCUT2D eigenvalue weighted by molar-refractivity contribution is 6.16. The molecule has 0 radical (unpaired) electrons. The van der Waals surface area contributed by atoms with E-state index in [2.05, 4.69) is 59.6 Å². The van der Waals surface area contributed by atoms with Crippen molar-refractivity contribution in [3.05, 3.63) is 66.9 Å². The van der Waals surface area contributed by atoms with Gasteiger partial charge >= 0.3 is 0 Å². The van der Waals surface area contributed by atoms with E-state index >= 15 is 0 Å². The summed E-state index contributed by atoms with van der Waals surface area (Å²) in [6, 6.07) is 21.2. The third kappa shape index (κ3) is 1.25. The molecule has 2 aromatic rings.